The van der Waals surface area contributed by atoms with E-state index in [1.807, 2.05) is 30.3 Å². The first-order chi connectivity index (χ1) is 16.5. The van der Waals surface area contributed by atoms with Crippen molar-refractivity contribution in [3.63, 3.8) is 0 Å². The summed E-state index contributed by atoms with van der Waals surface area (Å²) in [6.45, 7) is 2.38. The minimum atomic E-state index is -0.0479. The van der Waals surface area contributed by atoms with Crippen LogP contribution in [0.2, 0.25) is 10.0 Å². The molecule has 1 saturated heterocycles. The number of amides is 1. The van der Waals surface area contributed by atoms with Crippen molar-refractivity contribution in [2.24, 2.45) is 5.92 Å². The van der Waals surface area contributed by atoms with Crippen LogP contribution in [0.5, 0.6) is 0 Å². The van der Waals surface area contributed by atoms with Crippen LogP contribution >= 0.6 is 39.1 Å². The predicted molar refractivity (Wildman–Crippen MR) is 142 cm³/mol. The molecule has 8 heteroatoms. The highest BCUT2D eigenvalue weighted by atomic mass is 79.9. The van der Waals surface area contributed by atoms with Gasteiger partial charge in [0, 0.05) is 21.1 Å². The lowest BCUT2D eigenvalue weighted by molar-refractivity contribution is -0.121. The third-order valence-corrected chi connectivity index (χ3v) is 7.30. The molecule has 34 heavy (non-hydrogen) atoms. The number of nitrogens with zero attached hydrogens (tertiary/aromatic N) is 3. The highest BCUT2D eigenvalue weighted by Crippen LogP contribution is 2.28. The quantitative estimate of drug-likeness (QED) is 0.289. The fourth-order valence-electron chi connectivity index (χ4n) is 4.44. The van der Waals surface area contributed by atoms with E-state index in [0.29, 0.717) is 15.7 Å². The first-order valence-corrected chi connectivity index (χ1v) is 12.7. The Morgan fingerprint density at radius 1 is 1.03 bits per heavy atom. The number of hydrogen-bond acceptors (Lipinski definition) is 3. The molecule has 1 N–H and O–H groups in total. The van der Waals surface area contributed by atoms with Crippen molar-refractivity contribution in [1.29, 1.82) is 0 Å². The molecule has 0 saturated carbocycles. The van der Waals surface area contributed by atoms with Gasteiger partial charge in [0.2, 0.25) is 5.91 Å². The molecule has 0 aliphatic carbocycles. The highest BCUT2D eigenvalue weighted by Gasteiger charge is 2.26. The van der Waals surface area contributed by atoms with Gasteiger partial charge in [0.15, 0.2) is 0 Å². The molecule has 5 nitrogen and oxygen atoms in total. The number of carbonyl (C=O) groups is 1. The van der Waals surface area contributed by atoms with Gasteiger partial charge >= 0.3 is 0 Å². The lowest BCUT2D eigenvalue weighted by Crippen LogP contribution is -2.38. The topological polar surface area (TPSA) is 50.2 Å². The number of benzene rings is 3. The molecule has 0 bridgehead atoms. The van der Waals surface area contributed by atoms with Crippen molar-refractivity contribution >= 4 is 61.8 Å². The summed E-state index contributed by atoms with van der Waals surface area (Å²) in [6, 6.07) is 21.6. The SMILES string of the molecule is O=C(Nc1ccc(Cl)cc1Cl)C1CCN(Cc2nc3ccccc3n2-c2ccc(Br)cc2)CC1. The van der Waals surface area contributed by atoms with E-state index in [-0.39, 0.29) is 11.8 Å². The summed E-state index contributed by atoms with van der Waals surface area (Å²) in [7, 11) is 0. The number of halogens is 3. The van der Waals surface area contributed by atoms with E-state index in [0.717, 1.165) is 59.5 Å². The minimum absolute atomic E-state index is 0.00553. The van der Waals surface area contributed by atoms with Crippen LogP contribution in [0.3, 0.4) is 0 Å². The van der Waals surface area contributed by atoms with Gasteiger partial charge in [-0.2, -0.15) is 0 Å². The van der Waals surface area contributed by atoms with E-state index in [2.05, 4.69) is 48.9 Å². The number of anilines is 1. The van der Waals surface area contributed by atoms with Crippen LogP contribution in [0.25, 0.3) is 16.7 Å². The summed E-state index contributed by atoms with van der Waals surface area (Å²) < 4.78 is 3.27. The molecular weight excluding hydrogens is 535 g/mol. The lowest BCUT2D eigenvalue weighted by atomic mass is 9.96. The molecule has 2 heterocycles. The standard InChI is InChI=1S/C26H23BrCl2N4O/c27-18-5-8-20(9-6-18)33-24-4-2-1-3-23(24)30-25(33)16-32-13-11-17(12-14-32)26(34)31-22-10-7-19(28)15-21(22)29/h1-10,15,17H,11-14,16H2,(H,31,34). The van der Waals surface area contributed by atoms with E-state index >= 15 is 0 Å². The van der Waals surface area contributed by atoms with Crippen molar-refractivity contribution in [2.45, 2.75) is 19.4 Å². The van der Waals surface area contributed by atoms with Crippen LogP contribution in [0.4, 0.5) is 5.69 Å². The smallest absolute Gasteiger partial charge is 0.227 e. The first-order valence-electron chi connectivity index (χ1n) is 11.2. The summed E-state index contributed by atoms with van der Waals surface area (Å²) >= 11 is 15.7. The molecule has 1 aliphatic heterocycles. The zero-order valence-corrected chi connectivity index (χ0v) is 21.4. The molecule has 5 rings (SSSR count). The summed E-state index contributed by atoms with van der Waals surface area (Å²) in [4.78, 5) is 20.1. The average Bonchev–Trinajstić information content (AvgIpc) is 3.19. The summed E-state index contributed by atoms with van der Waals surface area (Å²) in [5, 5.41) is 3.95. The van der Waals surface area contributed by atoms with Gasteiger partial charge in [-0.15, -0.1) is 0 Å². The number of para-hydroxylation sites is 2. The van der Waals surface area contributed by atoms with Crippen LogP contribution in [0.15, 0.2) is 71.2 Å². The molecule has 1 aliphatic rings. The van der Waals surface area contributed by atoms with Crippen LogP contribution in [0.1, 0.15) is 18.7 Å². The molecule has 0 radical (unpaired) electrons. The molecule has 174 valence electrons. The zero-order valence-electron chi connectivity index (χ0n) is 18.3. The van der Waals surface area contributed by atoms with Gasteiger partial charge in [-0.3, -0.25) is 14.3 Å². The number of carbonyl (C=O) groups excluding carboxylic acids is 1. The molecule has 1 fully saturated rings. The Bertz CT molecular complexity index is 1330. The number of hydrogen-bond donors (Lipinski definition) is 1. The number of rotatable bonds is 5. The molecule has 0 unspecified atom stereocenters. The minimum Gasteiger partial charge on any atom is -0.325 e. The maximum atomic E-state index is 12.8. The number of aromatic nitrogens is 2. The third-order valence-electron chi connectivity index (χ3n) is 6.23. The Kier molecular flexibility index (Phi) is 6.93. The van der Waals surface area contributed by atoms with Crippen LogP contribution in [0, 0.1) is 5.92 Å². The maximum absolute atomic E-state index is 12.8. The predicted octanol–water partition coefficient (Wildman–Crippen LogP) is 6.95. The molecule has 4 aromatic rings. The van der Waals surface area contributed by atoms with E-state index in [1.54, 1.807) is 18.2 Å². The number of likely N-dealkylation sites (tertiary alicyclic amines) is 1. The zero-order chi connectivity index (χ0) is 23.7. The van der Waals surface area contributed by atoms with E-state index < -0.39 is 0 Å². The maximum Gasteiger partial charge on any atom is 0.227 e. The van der Waals surface area contributed by atoms with Crippen molar-refractivity contribution in [1.82, 2.24) is 14.5 Å². The summed E-state index contributed by atoms with van der Waals surface area (Å²) in [5.74, 6) is 0.957. The van der Waals surface area contributed by atoms with Gasteiger partial charge in [-0.05, 0) is 80.5 Å². The largest absolute Gasteiger partial charge is 0.325 e. The molecular formula is C26H23BrCl2N4O. The number of fused-ring (bicyclic) bond motifs is 1. The van der Waals surface area contributed by atoms with Gasteiger partial charge < -0.3 is 5.32 Å². The number of piperidine rings is 1. The van der Waals surface area contributed by atoms with Gasteiger partial charge in [-0.25, -0.2) is 4.98 Å². The van der Waals surface area contributed by atoms with Gasteiger partial charge in [0.05, 0.1) is 28.3 Å². The van der Waals surface area contributed by atoms with E-state index in [4.69, 9.17) is 28.2 Å². The normalized spacial score (nSPS) is 15.0. The Hall–Kier alpha value is -2.38. The van der Waals surface area contributed by atoms with Crippen LogP contribution < -0.4 is 5.32 Å². The third kappa shape index (κ3) is 5.01. The lowest BCUT2D eigenvalue weighted by Gasteiger charge is -2.31. The monoisotopic (exact) mass is 556 g/mol. The van der Waals surface area contributed by atoms with Crippen molar-refractivity contribution < 1.29 is 4.79 Å². The Labute approximate surface area is 216 Å². The number of nitrogens with one attached hydrogen (secondary N) is 1. The Morgan fingerprint density at radius 3 is 2.50 bits per heavy atom. The molecule has 1 aromatic heterocycles. The van der Waals surface area contributed by atoms with Crippen molar-refractivity contribution in [2.75, 3.05) is 18.4 Å². The fraction of sp³-hybridized carbons (Fsp3) is 0.231. The Morgan fingerprint density at radius 2 is 1.76 bits per heavy atom. The summed E-state index contributed by atoms with van der Waals surface area (Å²) in [5.41, 5.74) is 3.76. The fourth-order valence-corrected chi connectivity index (χ4v) is 5.16. The second kappa shape index (κ2) is 10.1. The molecule has 1 amide bonds. The first kappa shape index (κ1) is 23.4. The molecule has 0 spiro atoms. The van der Waals surface area contributed by atoms with Gasteiger partial charge in [0.1, 0.15) is 5.82 Å². The van der Waals surface area contributed by atoms with Crippen LogP contribution in [-0.2, 0) is 11.3 Å². The van der Waals surface area contributed by atoms with Gasteiger partial charge in [-0.1, -0.05) is 51.3 Å². The van der Waals surface area contributed by atoms with E-state index in [1.165, 1.54) is 0 Å². The van der Waals surface area contributed by atoms with Crippen molar-refractivity contribution in [3.05, 3.63) is 87.1 Å². The Balaban J connectivity index is 1.28. The second-order valence-electron chi connectivity index (χ2n) is 8.49. The van der Waals surface area contributed by atoms with Gasteiger partial charge in [0.25, 0.3) is 0 Å². The molecule has 3 aromatic carbocycles. The van der Waals surface area contributed by atoms with Crippen molar-refractivity contribution in [3.8, 4) is 5.69 Å². The second-order valence-corrected chi connectivity index (χ2v) is 10.3. The van der Waals surface area contributed by atoms with Crippen LogP contribution in [-0.4, -0.2) is 33.4 Å². The summed E-state index contributed by atoms with van der Waals surface area (Å²) in [6.07, 6.45) is 1.57. The molecule has 0 atom stereocenters. The highest BCUT2D eigenvalue weighted by molar-refractivity contribution is 9.10. The van der Waals surface area contributed by atoms with E-state index in [9.17, 15) is 4.79 Å². The number of imidazole rings is 1. The average molecular weight is 558 g/mol.